The van der Waals surface area contributed by atoms with Gasteiger partial charge in [-0.25, -0.2) is 14.4 Å². The van der Waals surface area contributed by atoms with Gasteiger partial charge in [-0.05, 0) is 56.5 Å². The van der Waals surface area contributed by atoms with E-state index in [-0.39, 0.29) is 29.1 Å². The van der Waals surface area contributed by atoms with E-state index in [9.17, 15) is 9.65 Å². The average Bonchev–Trinajstić information content (AvgIpc) is 2.71. The highest BCUT2D eigenvalue weighted by molar-refractivity contribution is 5.67. The Balaban J connectivity index is 1.72. The summed E-state index contributed by atoms with van der Waals surface area (Å²) in [6.45, 7) is 6.81. The molecule has 0 bridgehead atoms. The van der Waals surface area contributed by atoms with E-state index in [1.165, 1.54) is 12.4 Å². The van der Waals surface area contributed by atoms with E-state index in [0.29, 0.717) is 11.6 Å². The lowest BCUT2D eigenvalue weighted by Crippen LogP contribution is -2.34. The van der Waals surface area contributed by atoms with Gasteiger partial charge in [0, 0.05) is 12.2 Å². The molecule has 154 valence electrons. The van der Waals surface area contributed by atoms with E-state index in [2.05, 4.69) is 45.8 Å². The molecule has 0 saturated carbocycles. The van der Waals surface area contributed by atoms with Gasteiger partial charge in [-0.1, -0.05) is 13.8 Å². The first-order valence-corrected chi connectivity index (χ1v) is 9.99. The SMILES string of the molecule is CC(C)CCNc1ccc(Nc2ncnc(OC3CCNCC3)c2C#N)c(F)c1. The molecule has 8 heteroatoms. The monoisotopic (exact) mass is 398 g/mol. The number of nitrogens with one attached hydrogen (secondary N) is 3. The van der Waals surface area contributed by atoms with Gasteiger partial charge < -0.3 is 20.7 Å². The molecule has 3 rings (SSSR count). The van der Waals surface area contributed by atoms with E-state index in [1.807, 2.05) is 0 Å². The number of halogens is 1. The van der Waals surface area contributed by atoms with Crippen LogP contribution in [0.3, 0.4) is 0 Å². The number of anilines is 3. The number of ether oxygens (including phenoxy) is 1. The van der Waals surface area contributed by atoms with Crippen molar-refractivity contribution >= 4 is 17.2 Å². The van der Waals surface area contributed by atoms with Gasteiger partial charge >= 0.3 is 0 Å². The number of hydrogen-bond acceptors (Lipinski definition) is 7. The molecule has 0 radical (unpaired) electrons. The summed E-state index contributed by atoms with van der Waals surface area (Å²) in [5.74, 6) is 0.606. The third-order valence-corrected chi connectivity index (χ3v) is 4.76. The second kappa shape index (κ2) is 10.0. The summed E-state index contributed by atoms with van der Waals surface area (Å²) in [5.41, 5.74) is 1.12. The summed E-state index contributed by atoms with van der Waals surface area (Å²) in [4.78, 5) is 8.22. The number of rotatable bonds is 8. The Labute approximate surface area is 170 Å². The molecule has 0 amide bonds. The lowest BCUT2D eigenvalue weighted by molar-refractivity contribution is 0.155. The molecule has 0 atom stereocenters. The van der Waals surface area contributed by atoms with Crippen LogP contribution in [-0.2, 0) is 0 Å². The van der Waals surface area contributed by atoms with E-state index in [0.717, 1.165) is 38.9 Å². The molecule has 1 aliphatic heterocycles. The van der Waals surface area contributed by atoms with Gasteiger partial charge in [-0.2, -0.15) is 5.26 Å². The zero-order valence-corrected chi connectivity index (χ0v) is 16.8. The highest BCUT2D eigenvalue weighted by atomic mass is 19.1. The van der Waals surface area contributed by atoms with Crippen LogP contribution in [0.4, 0.5) is 21.6 Å². The van der Waals surface area contributed by atoms with Crippen molar-refractivity contribution in [2.45, 2.75) is 39.2 Å². The maximum atomic E-state index is 14.6. The summed E-state index contributed by atoms with van der Waals surface area (Å²) in [7, 11) is 0. The number of aromatic nitrogens is 2. The summed E-state index contributed by atoms with van der Waals surface area (Å²) >= 11 is 0. The molecular formula is C21H27FN6O. The molecule has 2 aromatic rings. The van der Waals surface area contributed by atoms with Crippen molar-refractivity contribution in [1.82, 2.24) is 15.3 Å². The molecule has 0 spiro atoms. The second-order valence-corrected chi connectivity index (χ2v) is 7.51. The maximum absolute atomic E-state index is 14.6. The third kappa shape index (κ3) is 5.78. The smallest absolute Gasteiger partial charge is 0.237 e. The molecule has 1 saturated heterocycles. The lowest BCUT2D eigenvalue weighted by Gasteiger charge is -2.23. The summed E-state index contributed by atoms with van der Waals surface area (Å²) in [5, 5.41) is 19.0. The Hall–Kier alpha value is -2.92. The molecule has 29 heavy (non-hydrogen) atoms. The summed E-state index contributed by atoms with van der Waals surface area (Å²) in [6.07, 6.45) is 4.02. The number of nitrogens with zero attached hydrogens (tertiary/aromatic N) is 3. The van der Waals surface area contributed by atoms with Gasteiger partial charge in [0.15, 0.2) is 11.4 Å². The molecule has 7 nitrogen and oxygen atoms in total. The van der Waals surface area contributed by atoms with Crippen molar-refractivity contribution in [2.24, 2.45) is 5.92 Å². The lowest BCUT2D eigenvalue weighted by atomic mass is 10.1. The van der Waals surface area contributed by atoms with Crippen LogP contribution in [0.25, 0.3) is 0 Å². The molecular weight excluding hydrogens is 371 g/mol. The van der Waals surface area contributed by atoms with Gasteiger partial charge in [0.2, 0.25) is 5.88 Å². The fourth-order valence-electron chi connectivity index (χ4n) is 3.08. The van der Waals surface area contributed by atoms with Crippen molar-refractivity contribution in [3.63, 3.8) is 0 Å². The molecule has 1 fully saturated rings. The first kappa shape index (κ1) is 20.8. The third-order valence-electron chi connectivity index (χ3n) is 4.76. The molecule has 1 aromatic heterocycles. The fourth-order valence-corrected chi connectivity index (χ4v) is 3.08. The fraction of sp³-hybridized carbons (Fsp3) is 0.476. The molecule has 3 N–H and O–H groups in total. The van der Waals surface area contributed by atoms with Gasteiger partial charge in [-0.3, -0.25) is 0 Å². The predicted molar refractivity (Wildman–Crippen MR) is 111 cm³/mol. The molecule has 1 aromatic carbocycles. The number of hydrogen-bond donors (Lipinski definition) is 3. The first-order chi connectivity index (χ1) is 14.1. The van der Waals surface area contributed by atoms with Crippen molar-refractivity contribution in [2.75, 3.05) is 30.3 Å². The van der Waals surface area contributed by atoms with Crippen molar-refractivity contribution in [1.29, 1.82) is 5.26 Å². The van der Waals surface area contributed by atoms with Crippen LogP contribution in [-0.4, -0.2) is 35.7 Å². The standard InChI is InChI=1S/C21H27FN6O/c1-14(2)5-10-25-15-3-4-19(18(22)11-15)28-20-17(12-23)21(27-13-26-20)29-16-6-8-24-9-7-16/h3-4,11,13-14,16,24-25H,5-10H2,1-2H3,(H,26,27,28). The van der Waals surface area contributed by atoms with Gasteiger partial charge in [0.05, 0.1) is 5.69 Å². The number of piperidine rings is 1. The molecule has 1 aliphatic rings. The molecule has 2 heterocycles. The van der Waals surface area contributed by atoms with Gasteiger partial charge in [0.25, 0.3) is 0 Å². The van der Waals surface area contributed by atoms with E-state index in [4.69, 9.17) is 4.74 Å². The predicted octanol–water partition coefficient (Wildman–Crippen LogP) is 3.82. The Morgan fingerprint density at radius 1 is 1.31 bits per heavy atom. The average molecular weight is 398 g/mol. The quantitative estimate of drug-likeness (QED) is 0.622. The van der Waals surface area contributed by atoms with Crippen LogP contribution >= 0.6 is 0 Å². The minimum atomic E-state index is -0.428. The van der Waals surface area contributed by atoms with Crippen molar-refractivity contribution in [3.8, 4) is 11.9 Å². The highest BCUT2D eigenvalue weighted by Crippen LogP contribution is 2.28. The summed E-state index contributed by atoms with van der Waals surface area (Å²) in [6, 6.07) is 6.94. The molecule has 0 aliphatic carbocycles. The highest BCUT2D eigenvalue weighted by Gasteiger charge is 2.20. The van der Waals surface area contributed by atoms with Crippen LogP contribution in [0.2, 0.25) is 0 Å². The van der Waals surface area contributed by atoms with E-state index >= 15 is 0 Å². The Morgan fingerprint density at radius 3 is 2.79 bits per heavy atom. The minimum Gasteiger partial charge on any atom is -0.473 e. The van der Waals surface area contributed by atoms with Gasteiger partial charge in [-0.15, -0.1) is 0 Å². The van der Waals surface area contributed by atoms with Gasteiger partial charge in [0.1, 0.15) is 24.3 Å². The van der Waals surface area contributed by atoms with Crippen molar-refractivity contribution in [3.05, 3.63) is 35.9 Å². The zero-order chi connectivity index (χ0) is 20.6. The van der Waals surface area contributed by atoms with E-state index in [1.54, 1.807) is 12.1 Å². The van der Waals surface area contributed by atoms with Crippen LogP contribution in [0.5, 0.6) is 5.88 Å². The van der Waals surface area contributed by atoms with Crippen LogP contribution in [0, 0.1) is 23.1 Å². The normalized spacial score (nSPS) is 14.4. The minimum absolute atomic E-state index is 0.000895. The zero-order valence-electron chi connectivity index (χ0n) is 16.8. The first-order valence-electron chi connectivity index (χ1n) is 9.99. The second-order valence-electron chi connectivity index (χ2n) is 7.51. The summed E-state index contributed by atoms with van der Waals surface area (Å²) < 4.78 is 20.5. The number of benzene rings is 1. The Morgan fingerprint density at radius 2 is 2.10 bits per heavy atom. The maximum Gasteiger partial charge on any atom is 0.237 e. The Kier molecular flexibility index (Phi) is 7.19. The van der Waals surface area contributed by atoms with Crippen LogP contribution in [0.1, 0.15) is 38.7 Å². The molecule has 0 unspecified atom stereocenters. The van der Waals surface area contributed by atoms with Crippen LogP contribution in [0.15, 0.2) is 24.5 Å². The van der Waals surface area contributed by atoms with E-state index < -0.39 is 5.82 Å². The topological polar surface area (TPSA) is 94.9 Å². The largest absolute Gasteiger partial charge is 0.473 e. The van der Waals surface area contributed by atoms with Crippen LogP contribution < -0.4 is 20.7 Å². The Bertz CT molecular complexity index is 861. The number of nitriles is 1. The van der Waals surface area contributed by atoms with Crippen molar-refractivity contribution < 1.29 is 9.13 Å².